The highest BCUT2D eigenvalue weighted by atomic mass is 16.5. The third-order valence-corrected chi connectivity index (χ3v) is 1.60. The lowest BCUT2D eigenvalue weighted by atomic mass is 10.1. The highest BCUT2D eigenvalue weighted by Gasteiger charge is 2.14. The molecule has 1 aliphatic heterocycles. The van der Waals surface area contributed by atoms with Crippen molar-refractivity contribution in [3.05, 3.63) is 11.8 Å². The third kappa shape index (κ3) is 1.59. The van der Waals surface area contributed by atoms with Crippen LogP contribution in [-0.4, -0.2) is 12.4 Å². The number of unbranched alkanes of at least 4 members (excludes halogenated alkanes) is 1. The molecule has 2 heteroatoms. The van der Waals surface area contributed by atoms with Crippen LogP contribution >= 0.6 is 0 Å². The van der Waals surface area contributed by atoms with Crippen molar-refractivity contribution in [2.45, 2.75) is 26.2 Å². The van der Waals surface area contributed by atoms with Crippen molar-refractivity contribution >= 4 is 5.78 Å². The van der Waals surface area contributed by atoms with Crippen LogP contribution in [0.25, 0.3) is 0 Å². The van der Waals surface area contributed by atoms with Crippen LogP contribution in [0, 0.1) is 0 Å². The second-order valence-electron chi connectivity index (χ2n) is 2.48. The van der Waals surface area contributed by atoms with Crippen molar-refractivity contribution in [3.63, 3.8) is 0 Å². The van der Waals surface area contributed by atoms with E-state index in [1.807, 2.05) is 0 Å². The van der Waals surface area contributed by atoms with E-state index in [4.69, 9.17) is 4.74 Å². The molecule has 1 rings (SSSR count). The number of ether oxygens (including phenoxy) is 1. The lowest BCUT2D eigenvalue weighted by Crippen LogP contribution is -2.00. The van der Waals surface area contributed by atoms with E-state index in [2.05, 4.69) is 6.92 Å². The number of Topliss-reactive ketones (excluding diaryl/α,β-unsaturated/α-hetero) is 1. The SMILES string of the molecule is CCCCC1=COCC1=O. The zero-order chi connectivity index (χ0) is 7.40. The van der Waals surface area contributed by atoms with Crippen molar-refractivity contribution in [3.8, 4) is 0 Å². The zero-order valence-corrected chi connectivity index (χ0v) is 6.22. The summed E-state index contributed by atoms with van der Waals surface area (Å²) in [5.74, 6) is 0.161. The average molecular weight is 140 g/mol. The first-order valence-electron chi connectivity index (χ1n) is 3.68. The Morgan fingerprint density at radius 3 is 3.00 bits per heavy atom. The molecule has 0 saturated heterocycles. The van der Waals surface area contributed by atoms with Gasteiger partial charge in [0.05, 0.1) is 6.26 Å². The summed E-state index contributed by atoms with van der Waals surface area (Å²) < 4.78 is 4.85. The van der Waals surface area contributed by atoms with Gasteiger partial charge in [0, 0.05) is 5.57 Å². The second kappa shape index (κ2) is 3.40. The van der Waals surface area contributed by atoms with Crippen molar-refractivity contribution < 1.29 is 9.53 Å². The lowest BCUT2D eigenvalue weighted by Gasteiger charge is -1.93. The minimum atomic E-state index is 0.161. The van der Waals surface area contributed by atoms with Crippen molar-refractivity contribution in [1.82, 2.24) is 0 Å². The summed E-state index contributed by atoms with van der Waals surface area (Å²) in [4.78, 5) is 10.9. The molecule has 0 aromatic carbocycles. The minimum Gasteiger partial charge on any atom is -0.493 e. The van der Waals surface area contributed by atoms with Crippen LogP contribution < -0.4 is 0 Å². The van der Waals surface area contributed by atoms with E-state index in [9.17, 15) is 4.79 Å². The average Bonchev–Trinajstić information content (AvgIpc) is 2.31. The molecule has 1 aliphatic rings. The maximum atomic E-state index is 10.9. The number of carbonyl (C=O) groups excluding carboxylic acids is 1. The quantitative estimate of drug-likeness (QED) is 0.596. The standard InChI is InChI=1S/C8H12O2/c1-2-3-4-7-5-10-6-8(7)9/h5H,2-4,6H2,1H3. The normalized spacial score (nSPS) is 16.9. The van der Waals surface area contributed by atoms with Gasteiger partial charge in [-0.2, -0.15) is 0 Å². The monoisotopic (exact) mass is 140 g/mol. The van der Waals surface area contributed by atoms with Gasteiger partial charge in [-0.3, -0.25) is 4.79 Å². The molecule has 0 aliphatic carbocycles. The van der Waals surface area contributed by atoms with Gasteiger partial charge in [-0.25, -0.2) is 0 Å². The highest BCUT2D eigenvalue weighted by molar-refractivity contribution is 5.97. The first kappa shape index (κ1) is 7.32. The summed E-state index contributed by atoms with van der Waals surface area (Å²) in [5, 5.41) is 0. The van der Waals surface area contributed by atoms with Gasteiger partial charge < -0.3 is 4.74 Å². The Morgan fingerprint density at radius 1 is 1.70 bits per heavy atom. The summed E-state index contributed by atoms with van der Waals surface area (Å²) in [6.45, 7) is 2.37. The molecule has 0 bridgehead atoms. The Hall–Kier alpha value is -0.790. The van der Waals surface area contributed by atoms with Gasteiger partial charge >= 0.3 is 0 Å². The van der Waals surface area contributed by atoms with E-state index in [0.717, 1.165) is 24.8 Å². The molecule has 0 unspecified atom stereocenters. The molecule has 0 amide bonds. The molecule has 56 valence electrons. The maximum Gasteiger partial charge on any atom is 0.199 e. The lowest BCUT2D eigenvalue weighted by molar-refractivity contribution is -0.116. The Morgan fingerprint density at radius 2 is 2.50 bits per heavy atom. The van der Waals surface area contributed by atoms with Crippen LogP contribution in [0.2, 0.25) is 0 Å². The van der Waals surface area contributed by atoms with Crippen LogP contribution in [0.1, 0.15) is 26.2 Å². The van der Waals surface area contributed by atoms with E-state index in [1.165, 1.54) is 0 Å². The summed E-state index contributed by atoms with van der Waals surface area (Å²) in [7, 11) is 0. The predicted octanol–water partition coefficient (Wildman–Crippen LogP) is 1.66. The van der Waals surface area contributed by atoms with E-state index in [1.54, 1.807) is 6.26 Å². The summed E-state index contributed by atoms with van der Waals surface area (Å²) >= 11 is 0. The molecular weight excluding hydrogens is 128 g/mol. The van der Waals surface area contributed by atoms with Crippen LogP contribution in [-0.2, 0) is 9.53 Å². The first-order valence-corrected chi connectivity index (χ1v) is 3.68. The van der Waals surface area contributed by atoms with Crippen LogP contribution in [0.5, 0.6) is 0 Å². The van der Waals surface area contributed by atoms with E-state index < -0.39 is 0 Å². The van der Waals surface area contributed by atoms with Crippen LogP contribution in [0.15, 0.2) is 11.8 Å². The van der Waals surface area contributed by atoms with Gasteiger partial charge in [-0.1, -0.05) is 13.3 Å². The molecule has 0 N–H and O–H groups in total. The number of hydrogen-bond acceptors (Lipinski definition) is 2. The van der Waals surface area contributed by atoms with E-state index in [0.29, 0.717) is 0 Å². The van der Waals surface area contributed by atoms with Crippen LogP contribution in [0.3, 0.4) is 0 Å². The molecule has 0 fully saturated rings. The fourth-order valence-corrected chi connectivity index (χ4v) is 0.942. The molecule has 0 aromatic rings. The molecule has 0 spiro atoms. The third-order valence-electron chi connectivity index (χ3n) is 1.60. The van der Waals surface area contributed by atoms with E-state index in [-0.39, 0.29) is 12.4 Å². The van der Waals surface area contributed by atoms with Gasteiger partial charge in [0.25, 0.3) is 0 Å². The van der Waals surface area contributed by atoms with Gasteiger partial charge in [-0.15, -0.1) is 0 Å². The number of hydrogen-bond donors (Lipinski definition) is 0. The van der Waals surface area contributed by atoms with E-state index >= 15 is 0 Å². The summed E-state index contributed by atoms with van der Waals surface area (Å²) in [5.41, 5.74) is 0.863. The number of ketones is 1. The summed E-state index contributed by atoms with van der Waals surface area (Å²) in [6, 6.07) is 0. The molecule has 2 nitrogen and oxygen atoms in total. The van der Waals surface area contributed by atoms with Crippen molar-refractivity contribution in [1.29, 1.82) is 0 Å². The van der Waals surface area contributed by atoms with Gasteiger partial charge in [0.1, 0.15) is 6.61 Å². The predicted molar refractivity (Wildman–Crippen MR) is 38.6 cm³/mol. The smallest absolute Gasteiger partial charge is 0.199 e. The summed E-state index contributed by atoms with van der Waals surface area (Å²) in [6.07, 6.45) is 4.69. The van der Waals surface area contributed by atoms with Crippen molar-refractivity contribution in [2.24, 2.45) is 0 Å². The fourth-order valence-electron chi connectivity index (χ4n) is 0.942. The Kier molecular flexibility index (Phi) is 2.49. The second-order valence-corrected chi connectivity index (χ2v) is 2.48. The highest BCUT2D eigenvalue weighted by Crippen LogP contribution is 2.13. The molecule has 0 saturated carbocycles. The maximum absolute atomic E-state index is 10.9. The molecule has 0 radical (unpaired) electrons. The van der Waals surface area contributed by atoms with Crippen molar-refractivity contribution in [2.75, 3.05) is 6.61 Å². The topological polar surface area (TPSA) is 26.3 Å². The molecular formula is C8H12O2. The molecule has 0 atom stereocenters. The Bertz CT molecular complexity index is 159. The van der Waals surface area contributed by atoms with Crippen LogP contribution in [0.4, 0.5) is 0 Å². The molecule has 1 heterocycles. The van der Waals surface area contributed by atoms with Gasteiger partial charge in [0.2, 0.25) is 0 Å². The number of rotatable bonds is 3. The zero-order valence-electron chi connectivity index (χ0n) is 6.22. The number of carbonyl (C=O) groups is 1. The van der Waals surface area contributed by atoms with Gasteiger partial charge in [-0.05, 0) is 12.8 Å². The Balaban J connectivity index is 2.33. The molecule has 0 aromatic heterocycles. The largest absolute Gasteiger partial charge is 0.493 e. The van der Waals surface area contributed by atoms with Gasteiger partial charge in [0.15, 0.2) is 5.78 Å². The Labute approximate surface area is 60.9 Å². The first-order chi connectivity index (χ1) is 4.84. The fraction of sp³-hybridized carbons (Fsp3) is 0.625. The molecule has 10 heavy (non-hydrogen) atoms. The minimum absolute atomic E-state index is 0.161.